The Morgan fingerprint density at radius 2 is 1.94 bits per heavy atom. The van der Waals surface area contributed by atoms with E-state index in [-0.39, 0.29) is 0 Å². The van der Waals surface area contributed by atoms with Crippen LogP contribution in [0.1, 0.15) is 37.5 Å². The van der Waals surface area contributed by atoms with Gasteiger partial charge in [0.2, 0.25) is 0 Å². The maximum Gasteiger partial charge on any atom is -0.00453 e. The van der Waals surface area contributed by atoms with Gasteiger partial charge in [0, 0.05) is 0 Å². The normalized spacial score (nSPS) is 14.5. The molecule has 0 N–H and O–H groups in total. The van der Waals surface area contributed by atoms with Crippen LogP contribution in [0.3, 0.4) is 0 Å². The average molecular weight is 240 g/mol. The summed E-state index contributed by atoms with van der Waals surface area (Å²) in [5, 5.41) is 0. The Labute approximate surface area is 112 Å². The molecule has 0 spiro atoms. The zero-order valence-corrected chi connectivity index (χ0v) is 12.2. The third kappa shape index (κ3) is 3.01. The molecular formula is C18H24. The van der Waals surface area contributed by atoms with Gasteiger partial charge in [0.05, 0.1) is 0 Å². The van der Waals surface area contributed by atoms with Crippen molar-refractivity contribution in [2.24, 2.45) is 5.92 Å². The molecule has 1 unspecified atom stereocenters. The largest absolute Gasteiger partial charge is 0.0984 e. The van der Waals surface area contributed by atoms with E-state index in [4.69, 9.17) is 0 Å². The standard InChI is InChI=1S/C18H24/c1-7-10-13(3)15(5)17(8-2)18-12-9-11-14(4)16(18)6/h7-13H,2H2,1,3-6H3/b10-7?,17-15+. The highest BCUT2D eigenvalue weighted by Gasteiger charge is 2.10. The molecule has 0 bridgehead atoms. The summed E-state index contributed by atoms with van der Waals surface area (Å²) in [4.78, 5) is 0. The molecule has 0 amide bonds. The minimum atomic E-state index is 0.447. The molecule has 1 atom stereocenters. The molecule has 96 valence electrons. The molecule has 1 rings (SSSR count). The van der Waals surface area contributed by atoms with Crippen molar-refractivity contribution in [2.75, 3.05) is 0 Å². The number of allylic oxidation sites excluding steroid dienone is 5. The summed E-state index contributed by atoms with van der Waals surface area (Å²) in [6.45, 7) is 14.8. The van der Waals surface area contributed by atoms with Crippen LogP contribution < -0.4 is 0 Å². The second kappa shape index (κ2) is 6.39. The van der Waals surface area contributed by atoms with E-state index in [9.17, 15) is 0 Å². The van der Waals surface area contributed by atoms with Gasteiger partial charge in [-0.3, -0.25) is 0 Å². The summed E-state index contributed by atoms with van der Waals surface area (Å²) >= 11 is 0. The Morgan fingerprint density at radius 1 is 1.28 bits per heavy atom. The number of hydrogen-bond acceptors (Lipinski definition) is 0. The predicted molar refractivity (Wildman–Crippen MR) is 82.7 cm³/mol. The smallest absolute Gasteiger partial charge is 0.00453 e. The first kappa shape index (κ1) is 14.5. The van der Waals surface area contributed by atoms with E-state index in [1.165, 1.54) is 27.8 Å². The molecule has 0 aliphatic rings. The Hall–Kier alpha value is -1.56. The van der Waals surface area contributed by atoms with Gasteiger partial charge in [-0.05, 0) is 55.9 Å². The van der Waals surface area contributed by atoms with Crippen LogP contribution in [0.5, 0.6) is 0 Å². The van der Waals surface area contributed by atoms with Crippen molar-refractivity contribution >= 4 is 5.57 Å². The number of benzene rings is 1. The zero-order valence-electron chi connectivity index (χ0n) is 12.2. The van der Waals surface area contributed by atoms with Crippen LogP contribution in [0, 0.1) is 19.8 Å². The van der Waals surface area contributed by atoms with Crippen LogP contribution in [-0.2, 0) is 0 Å². The first-order valence-electron chi connectivity index (χ1n) is 6.55. The number of hydrogen-bond donors (Lipinski definition) is 0. The van der Waals surface area contributed by atoms with E-state index in [1.54, 1.807) is 0 Å². The number of rotatable bonds is 4. The van der Waals surface area contributed by atoms with Crippen LogP contribution in [-0.4, -0.2) is 0 Å². The fourth-order valence-electron chi connectivity index (χ4n) is 2.20. The number of aryl methyl sites for hydroxylation is 1. The van der Waals surface area contributed by atoms with Gasteiger partial charge < -0.3 is 0 Å². The van der Waals surface area contributed by atoms with Crippen LogP contribution in [0.4, 0.5) is 0 Å². The SMILES string of the molecule is C=C/C(=C(/C)C(C)C=CC)c1cccc(C)c1C. The van der Waals surface area contributed by atoms with Crippen molar-refractivity contribution in [3.05, 3.63) is 65.3 Å². The van der Waals surface area contributed by atoms with E-state index in [0.29, 0.717) is 5.92 Å². The lowest BCUT2D eigenvalue weighted by atomic mass is 9.89. The summed E-state index contributed by atoms with van der Waals surface area (Å²) < 4.78 is 0. The topological polar surface area (TPSA) is 0 Å². The van der Waals surface area contributed by atoms with Crippen LogP contribution in [0.25, 0.3) is 5.57 Å². The molecule has 0 aliphatic heterocycles. The van der Waals surface area contributed by atoms with Gasteiger partial charge in [-0.25, -0.2) is 0 Å². The Morgan fingerprint density at radius 3 is 2.50 bits per heavy atom. The van der Waals surface area contributed by atoms with Crippen molar-refractivity contribution in [1.82, 2.24) is 0 Å². The lowest BCUT2D eigenvalue weighted by Crippen LogP contribution is -1.98. The highest BCUT2D eigenvalue weighted by atomic mass is 14.1. The molecule has 1 aromatic carbocycles. The fraction of sp³-hybridized carbons (Fsp3) is 0.333. The second-order valence-electron chi connectivity index (χ2n) is 4.86. The molecule has 0 radical (unpaired) electrons. The van der Waals surface area contributed by atoms with Crippen molar-refractivity contribution in [2.45, 2.75) is 34.6 Å². The monoisotopic (exact) mass is 240 g/mol. The van der Waals surface area contributed by atoms with E-state index in [0.717, 1.165) is 0 Å². The lowest BCUT2D eigenvalue weighted by molar-refractivity contribution is 0.865. The molecule has 0 aliphatic carbocycles. The minimum Gasteiger partial charge on any atom is -0.0984 e. The van der Waals surface area contributed by atoms with E-state index in [1.807, 2.05) is 6.08 Å². The van der Waals surface area contributed by atoms with Gasteiger partial charge in [-0.1, -0.05) is 55.5 Å². The van der Waals surface area contributed by atoms with Crippen molar-refractivity contribution in [1.29, 1.82) is 0 Å². The summed E-state index contributed by atoms with van der Waals surface area (Å²) in [5.74, 6) is 0.447. The first-order valence-corrected chi connectivity index (χ1v) is 6.55. The fourth-order valence-corrected chi connectivity index (χ4v) is 2.20. The lowest BCUT2D eigenvalue weighted by Gasteiger charge is -2.16. The zero-order chi connectivity index (χ0) is 13.7. The van der Waals surface area contributed by atoms with Gasteiger partial charge in [0.1, 0.15) is 0 Å². The maximum absolute atomic E-state index is 3.99. The van der Waals surface area contributed by atoms with E-state index >= 15 is 0 Å². The van der Waals surface area contributed by atoms with Gasteiger partial charge in [-0.15, -0.1) is 0 Å². The Balaban J connectivity index is 3.37. The molecule has 0 fully saturated rings. The summed E-state index contributed by atoms with van der Waals surface area (Å²) in [5.41, 5.74) is 6.62. The summed E-state index contributed by atoms with van der Waals surface area (Å²) in [6.07, 6.45) is 6.32. The molecule has 0 heteroatoms. The van der Waals surface area contributed by atoms with E-state index in [2.05, 4.69) is 71.5 Å². The summed E-state index contributed by atoms with van der Waals surface area (Å²) in [6, 6.07) is 6.46. The Bertz CT molecular complexity index is 487. The van der Waals surface area contributed by atoms with Gasteiger partial charge in [0.25, 0.3) is 0 Å². The quantitative estimate of drug-likeness (QED) is 0.483. The first-order chi connectivity index (χ1) is 8.52. The Kier molecular flexibility index (Phi) is 5.15. The average Bonchev–Trinajstić information content (AvgIpc) is 2.35. The van der Waals surface area contributed by atoms with Gasteiger partial charge in [0.15, 0.2) is 0 Å². The molecule has 0 aromatic heterocycles. The second-order valence-corrected chi connectivity index (χ2v) is 4.86. The molecular weight excluding hydrogens is 216 g/mol. The van der Waals surface area contributed by atoms with Gasteiger partial charge >= 0.3 is 0 Å². The van der Waals surface area contributed by atoms with Crippen LogP contribution in [0.2, 0.25) is 0 Å². The highest BCUT2D eigenvalue weighted by molar-refractivity contribution is 5.78. The van der Waals surface area contributed by atoms with Crippen LogP contribution in [0.15, 0.2) is 48.6 Å². The highest BCUT2D eigenvalue weighted by Crippen LogP contribution is 2.28. The minimum absolute atomic E-state index is 0.447. The third-order valence-electron chi connectivity index (χ3n) is 3.69. The molecule has 0 nitrogen and oxygen atoms in total. The molecule has 18 heavy (non-hydrogen) atoms. The maximum atomic E-state index is 3.99. The van der Waals surface area contributed by atoms with Gasteiger partial charge in [-0.2, -0.15) is 0 Å². The van der Waals surface area contributed by atoms with Crippen molar-refractivity contribution in [3.63, 3.8) is 0 Å². The molecule has 0 saturated carbocycles. The molecule has 0 heterocycles. The molecule has 1 aromatic rings. The van der Waals surface area contributed by atoms with E-state index < -0.39 is 0 Å². The van der Waals surface area contributed by atoms with Crippen molar-refractivity contribution < 1.29 is 0 Å². The molecule has 0 saturated heterocycles. The third-order valence-corrected chi connectivity index (χ3v) is 3.69. The summed E-state index contributed by atoms with van der Waals surface area (Å²) in [7, 11) is 0. The predicted octanol–water partition coefficient (Wildman–Crippen LogP) is 5.48. The van der Waals surface area contributed by atoms with Crippen LogP contribution >= 0.6 is 0 Å². The van der Waals surface area contributed by atoms with Crippen molar-refractivity contribution in [3.8, 4) is 0 Å².